The molecular weight excluding hydrogens is 390 g/mol. The number of ketones is 1. The SMILES string of the molecule is CCCCC(=O)NCCCOCCOCCOCCCNC(=O)CC(NC)C(C)=O. The van der Waals surface area contributed by atoms with Gasteiger partial charge in [0.2, 0.25) is 11.8 Å². The van der Waals surface area contributed by atoms with E-state index in [0.717, 1.165) is 19.3 Å². The molecular formula is C21H41N3O6. The Balaban J connectivity index is 3.29. The fraction of sp³-hybridized carbons (Fsp3) is 0.857. The molecule has 9 nitrogen and oxygen atoms in total. The standard InChI is InChI=1S/C21H41N3O6/c1-4-5-8-20(26)23-9-6-11-28-13-15-30-16-14-29-12-7-10-24-21(27)17-19(22-3)18(2)25/h19,22H,4-17H2,1-3H3,(H,23,26)(H,24,27). The van der Waals surface area contributed by atoms with Crippen LogP contribution in [0.2, 0.25) is 0 Å². The lowest BCUT2D eigenvalue weighted by molar-refractivity contribution is -0.126. The summed E-state index contributed by atoms with van der Waals surface area (Å²) in [6.45, 7) is 7.83. The number of unbranched alkanes of at least 4 members (excludes halogenated alkanes) is 1. The number of nitrogens with one attached hydrogen (secondary N) is 3. The first-order valence-corrected chi connectivity index (χ1v) is 11.0. The minimum atomic E-state index is -0.432. The molecule has 0 aromatic heterocycles. The fourth-order valence-electron chi connectivity index (χ4n) is 2.48. The van der Waals surface area contributed by atoms with Crippen LogP contribution in [0, 0.1) is 0 Å². The zero-order valence-corrected chi connectivity index (χ0v) is 18.9. The van der Waals surface area contributed by atoms with Gasteiger partial charge in [0.25, 0.3) is 0 Å². The highest BCUT2D eigenvalue weighted by atomic mass is 16.5. The van der Waals surface area contributed by atoms with E-state index in [-0.39, 0.29) is 24.0 Å². The second-order valence-electron chi connectivity index (χ2n) is 7.00. The van der Waals surface area contributed by atoms with Gasteiger partial charge in [0.1, 0.15) is 5.78 Å². The maximum absolute atomic E-state index is 11.7. The van der Waals surface area contributed by atoms with E-state index < -0.39 is 6.04 Å². The number of hydrogen-bond donors (Lipinski definition) is 3. The Kier molecular flexibility index (Phi) is 19.6. The number of Topliss-reactive ketones (excluding diaryl/α,β-unsaturated/α-hetero) is 1. The van der Waals surface area contributed by atoms with Crippen molar-refractivity contribution >= 4 is 17.6 Å². The molecule has 0 aromatic rings. The molecule has 0 radical (unpaired) electrons. The van der Waals surface area contributed by atoms with Crippen molar-refractivity contribution in [2.24, 2.45) is 0 Å². The van der Waals surface area contributed by atoms with E-state index in [2.05, 4.69) is 22.9 Å². The molecule has 0 rings (SSSR count). The largest absolute Gasteiger partial charge is 0.379 e. The summed E-state index contributed by atoms with van der Waals surface area (Å²) in [7, 11) is 1.67. The highest BCUT2D eigenvalue weighted by Crippen LogP contribution is 1.94. The van der Waals surface area contributed by atoms with Gasteiger partial charge in [-0.3, -0.25) is 14.4 Å². The van der Waals surface area contributed by atoms with Crippen molar-refractivity contribution in [2.45, 2.75) is 58.4 Å². The van der Waals surface area contributed by atoms with Crippen molar-refractivity contribution in [1.29, 1.82) is 0 Å². The molecule has 30 heavy (non-hydrogen) atoms. The number of hydrogen-bond acceptors (Lipinski definition) is 7. The Morgan fingerprint density at radius 1 is 0.767 bits per heavy atom. The summed E-state index contributed by atoms with van der Waals surface area (Å²) in [5, 5.41) is 8.47. The Labute approximate surface area is 181 Å². The quantitative estimate of drug-likeness (QED) is 0.230. The fourth-order valence-corrected chi connectivity index (χ4v) is 2.48. The van der Waals surface area contributed by atoms with Crippen LogP contribution < -0.4 is 16.0 Å². The van der Waals surface area contributed by atoms with Crippen LogP contribution in [0.3, 0.4) is 0 Å². The van der Waals surface area contributed by atoms with Crippen LogP contribution in [-0.4, -0.2) is 83.4 Å². The molecule has 0 aliphatic carbocycles. The summed E-state index contributed by atoms with van der Waals surface area (Å²) in [6, 6.07) is -0.432. The highest BCUT2D eigenvalue weighted by Gasteiger charge is 2.15. The Morgan fingerprint density at radius 2 is 1.27 bits per heavy atom. The third-order valence-corrected chi connectivity index (χ3v) is 4.31. The monoisotopic (exact) mass is 431 g/mol. The van der Waals surface area contributed by atoms with E-state index in [1.807, 2.05) is 0 Å². The van der Waals surface area contributed by atoms with Crippen LogP contribution in [0.25, 0.3) is 0 Å². The van der Waals surface area contributed by atoms with Gasteiger partial charge >= 0.3 is 0 Å². The van der Waals surface area contributed by atoms with Gasteiger partial charge in [-0.25, -0.2) is 0 Å². The highest BCUT2D eigenvalue weighted by molar-refractivity contribution is 5.88. The molecule has 0 saturated carbocycles. The van der Waals surface area contributed by atoms with Gasteiger partial charge in [-0.2, -0.15) is 0 Å². The lowest BCUT2D eigenvalue weighted by atomic mass is 10.1. The van der Waals surface area contributed by atoms with Crippen molar-refractivity contribution in [1.82, 2.24) is 16.0 Å². The molecule has 0 spiro atoms. The second-order valence-corrected chi connectivity index (χ2v) is 7.00. The van der Waals surface area contributed by atoms with E-state index in [1.54, 1.807) is 7.05 Å². The molecule has 1 unspecified atom stereocenters. The number of amides is 2. The van der Waals surface area contributed by atoms with Crippen LogP contribution in [-0.2, 0) is 28.6 Å². The third-order valence-electron chi connectivity index (χ3n) is 4.31. The van der Waals surface area contributed by atoms with Gasteiger partial charge in [0.05, 0.1) is 32.5 Å². The van der Waals surface area contributed by atoms with Gasteiger partial charge in [-0.15, -0.1) is 0 Å². The van der Waals surface area contributed by atoms with Crippen LogP contribution in [0.4, 0.5) is 0 Å². The molecule has 9 heteroatoms. The van der Waals surface area contributed by atoms with Gasteiger partial charge in [0.15, 0.2) is 0 Å². The topological polar surface area (TPSA) is 115 Å². The zero-order valence-electron chi connectivity index (χ0n) is 18.9. The summed E-state index contributed by atoms with van der Waals surface area (Å²) in [5.74, 6) is -0.0857. The second kappa shape index (κ2) is 20.7. The maximum atomic E-state index is 11.7. The van der Waals surface area contributed by atoms with E-state index in [4.69, 9.17) is 14.2 Å². The van der Waals surface area contributed by atoms with Crippen molar-refractivity contribution < 1.29 is 28.6 Å². The molecule has 3 N–H and O–H groups in total. The van der Waals surface area contributed by atoms with Gasteiger partial charge in [0, 0.05) is 39.1 Å². The Hall–Kier alpha value is -1.55. The lowest BCUT2D eigenvalue weighted by Crippen LogP contribution is -2.38. The first-order chi connectivity index (χ1) is 14.5. The average Bonchev–Trinajstić information content (AvgIpc) is 2.72. The zero-order chi connectivity index (χ0) is 22.5. The van der Waals surface area contributed by atoms with Gasteiger partial charge in [-0.05, 0) is 33.2 Å². The molecule has 0 aliphatic rings. The molecule has 0 heterocycles. The number of ether oxygens (including phenoxy) is 3. The van der Waals surface area contributed by atoms with E-state index in [1.165, 1.54) is 6.92 Å². The predicted molar refractivity (Wildman–Crippen MR) is 115 cm³/mol. The van der Waals surface area contributed by atoms with E-state index in [0.29, 0.717) is 65.6 Å². The summed E-state index contributed by atoms with van der Waals surface area (Å²) in [6.07, 6.45) is 4.20. The number of carbonyl (C=O) groups excluding carboxylic acids is 3. The average molecular weight is 432 g/mol. The van der Waals surface area contributed by atoms with E-state index >= 15 is 0 Å². The predicted octanol–water partition coefficient (Wildman–Crippen LogP) is 0.806. The molecule has 176 valence electrons. The summed E-state index contributed by atoms with van der Waals surface area (Å²) in [4.78, 5) is 34.4. The van der Waals surface area contributed by atoms with Crippen molar-refractivity contribution in [3.8, 4) is 0 Å². The van der Waals surface area contributed by atoms with Crippen molar-refractivity contribution in [3.63, 3.8) is 0 Å². The number of likely N-dealkylation sites (N-methyl/N-ethyl adjacent to an activating group) is 1. The minimum absolute atomic E-state index is 0.0484. The molecule has 0 bridgehead atoms. The third kappa shape index (κ3) is 18.5. The molecule has 0 aliphatic heterocycles. The summed E-state index contributed by atoms with van der Waals surface area (Å²) < 4.78 is 16.3. The molecule has 0 fully saturated rings. The van der Waals surface area contributed by atoms with Crippen molar-refractivity contribution in [3.05, 3.63) is 0 Å². The van der Waals surface area contributed by atoms with E-state index in [9.17, 15) is 14.4 Å². The van der Waals surface area contributed by atoms with Gasteiger partial charge < -0.3 is 30.2 Å². The normalized spacial score (nSPS) is 11.8. The van der Waals surface area contributed by atoms with Crippen LogP contribution >= 0.6 is 0 Å². The Bertz CT molecular complexity index is 462. The molecule has 1 atom stereocenters. The summed E-state index contributed by atoms with van der Waals surface area (Å²) in [5.41, 5.74) is 0. The molecule has 0 aromatic carbocycles. The first kappa shape index (κ1) is 28.5. The number of rotatable bonds is 21. The molecule has 0 saturated heterocycles. The van der Waals surface area contributed by atoms with Crippen LogP contribution in [0.5, 0.6) is 0 Å². The lowest BCUT2D eigenvalue weighted by Gasteiger charge is -2.12. The van der Waals surface area contributed by atoms with Gasteiger partial charge in [-0.1, -0.05) is 13.3 Å². The summed E-state index contributed by atoms with van der Waals surface area (Å²) >= 11 is 0. The van der Waals surface area contributed by atoms with Crippen molar-refractivity contribution in [2.75, 3.05) is 59.8 Å². The number of carbonyl (C=O) groups is 3. The molecule has 2 amide bonds. The maximum Gasteiger partial charge on any atom is 0.222 e. The minimum Gasteiger partial charge on any atom is -0.379 e. The smallest absolute Gasteiger partial charge is 0.222 e. The Morgan fingerprint density at radius 3 is 1.73 bits per heavy atom. The van der Waals surface area contributed by atoms with Crippen LogP contribution in [0.15, 0.2) is 0 Å². The van der Waals surface area contributed by atoms with Crippen LogP contribution in [0.1, 0.15) is 52.4 Å². The first-order valence-electron chi connectivity index (χ1n) is 11.0.